The van der Waals surface area contributed by atoms with Gasteiger partial charge in [0.05, 0.1) is 0 Å². The van der Waals surface area contributed by atoms with Crippen LogP contribution in [0.25, 0.3) is 0 Å². The second kappa shape index (κ2) is 5.28. The van der Waals surface area contributed by atoms with E-state index in [0.29, 0.717) is 17.1 Å². The molecule has 3 aliphatic rings. The standard InChI is InChI=1S/C22H18S/c1-2-8-15(9-3-1)23-21-14-20-16-10-4-6-12-18(16)22(21)19-13-7-5-11-17(19)20/h1-13,20-22H,14H2. The number of rotatable bonds is 2. The Bertz CT molecular complexity index is 805. The topological polar surface area (TPSA) is 0 Å². The van der Waals surface area contributed by atoms with Crippen LogP contribution in [0, 0.1) is 0 Å². The van der Waals surface area contributed by atoms with Crippen molar-refractivity contribution in [1.29, 1.82) is 0 Å². The van der Waals surface area contributed by atoms with E-state index in [-0.39, 0.29) is 0 Å². The molecular formula is C22H18S. The van der Waals surface area contributed by atoms with Crippen LogP contribution in [-0.2, 0) is 0 Å². The lowest BCUT2D eigenvalue weighted by Crippen LogP contribution is -2.33. The lowest BCUT2D eigenvalue weighted by Gasteiger charge is -2.45. The average Bonchev–Trinajstić information content (AvgIpc) is 2.63. The van der Waals surface area contributed by atoms with Gasteiger partial charge in [-0.05, 0) is 40.8 Å². The Morgan fingerprint density at radius 1 is 0.609 bits per heavy atom. The Balaban J connectivity index is 1.63. The third kappa shape index (κ3) is 2.07. The second-order valence-electron chi connectivity index (χ2n) is 6.49. The smallest absolute Gasteiger partial charge is 0.0218 e. The summed E-state index contributed by atoms with van der Waals surface area (Å²) in [6.45, 7) is 0. The SMILES string of the molecule is c1ccc(SC2CC3c4ccccc4C2c2ccccc23)cc1. The molecule has 1 unspecified atom stereocenters. The highest BCUT2D eigenvalue weighted by Crippen LogP contribution is 2.56. The van der Waals surface area contributed by atoms with Crippen LogP contribution in [0.3, 0.4) is 0 Å². The summed E-state index contributed by atoms with van der Waals surface area (Å²) in [5, 5.41) is 0.632. The molecule has 2 bridgehead atoms. The van der Waals surface area contributed by atoms with E-state index in [9.17, 15) is 0 Å². The van der Waals surface area contributed by atoms with E-state index < -0.39 is 0 Å². The molecule has 0 saturated carbocycles. The first-order valence-corrected chi connectivity index (χ1v) is 9.19. The van der Waals surface area contributed by atoms with Crippen molar-refractivity contribution in [2.24, 2.45) is 0 Å². The maximum Gasteiger partial charge on any atom is 0.0218 e. The Hall–Kier alpha value is -1.99. The number of hydrogen-bond acceptors (Lipinski definition) is 1. The van der Waals surface area contributed by atoms with Crippen LogP contribution in [0.2, 0.25) is 0 Å². The third-order valence-electron chi connectivity index (χ3n) is 5.28. The Kier molecular flexibility index (Phi) is 3.09. The Labute approximate surface area is 141 Å². The monoisotopic (exact) mass is 314 g/mol. The quantitative estimate of drug-likeness (QED) is 0.573. The first-order chi connectivity index (χ1) is 11.4. The summed E-state index contributed by atoms with van der Waals surface area (Å²) >= 11 is 2.05. The minimum atomic E-state index is 0.526. The summed E-state index contributed by atoms with van der Waals surface area (Å²) in [5.74, 6) is 1.09. The Morgan fingerprint density at radius 3 is 1.74 bits per heavy atom. The van der Waals surface area contributed by atoms with Gasteiger partial charge in [-0.25, -0.2) is 0 Å². The number of fused-ring (bicyclic) bond motifs is 1. The van der Waals surface area contributed by atoms with Gasteiger partial charge in [-0.3, -0.25) is 0 Å². The highest BCUT2D eigenvalue weighted by molar-refractivity contribution is 8.00. The fourth-order valence-corrected chi connectivity index (χ4v) is 5.75. The van der Waals surface area contributed by atoms with Crippen molar-refractivity contribution in [3.63, 3.8) is 0 Å². The van der Waals surface area contributed by atoms with Gasteiger partial charge in [0.1, 0.15) is 0 Å². The molecule has 0 saturated heterocycles. The number of thioether (sulfide) groups is 1. The molecule has 0 nitrogen and oxygen atoms in total. The minimum absolute atomic E-state index is 0.526. The molecule has 0 radical (unpaired) electrons. The van der Waals surface area contributed by atoms with Gasteiger partial charge >= 0.3 is 0 Å². The van der Waals surface area contributed by atoms with Crippen molar-refractivity contribution in [1.82, 2.24) is 0 Å². The predicted molar refractivity (Wildman–Crippen MR) is 97.3 cm³/mol. The molecule has 1 atom stereocenters. The molecule has 3 aromatic rings. The van der Waals surface area contributed by atoms with Gasteiger partial charge in [0, 0.05) is 22.0 Å². The molecule has 112 valence electrons. The summed E-state index contributed by atoms with van der Waals surface area (Å²) in [4.78, 5) is 1.39. The van der Waals surface area contributed by atoms with E-state index in [1.807, 2.05) is 0 Å². The van der Waals surface area contributed by atoms with E-state index in [0.717, 1.165) is 0 Å². The van der Waals surface area contributed by atoms with Crippen molar-refractivity contribution in [3.8, 4) is 0 Å². The molecule has 0 N–H and O–H groups in total. The van der Waals surface area contributed by atoms with Crippen LogP contribution in [0.5, 0.6) is 0 Å². The van der Waals surface area contributed by atoms with Crippen LogP contribution in [0.1, 0.15) is 40.5 Å². The van der Waals surface area contributed by atoms with Crippen molar-refractivity contribution >= 4 is 11.8 Å². The molecule has 0 spiro atoms. The fraction of sp³-hybridized carbons (Fsp3) is 0.182. The molecule has 0 fully saturated rings. The van der Waals surface area contributed by atoms with Gasteiger partial charge in [-0.15, -0.1) is 11.8 Å². The number of hydrogen-bond donors (Lipinski definition) is 0. The summed E-state index contributed by atoms with van der Waals surface area (Å²) < 4.78 is 0. The first-order valence-electron chi connectivity index (χ1n) is 8.31. The minimum Gasteiger partial charge on any atom is -0.122 e. The summed E-state index contributed by atoms with van der Waals surface area (Å²) in [6.07, 6.45) is 1.25. The van der Waals surface area contributed by atoms with Crippen LogP contribution in [0.15, 0.2) is 83.8 Å². The summed E-state index contributed by atoms with van der Waals surface area (Å²) in [7, 11) is 0. The molecule has 0 amide bonds. The van der Waals surface area contributed by atoms with Crippen molar-refractivity contribution in [3.05, 3.63) is 101 Å². The molecule has 0 heterocycles. The lowest BCUT2D eigenvalue weighted by molar-refractivity contribution is 0.533. The van der Waals surface area contributed by atoms with Crippen LogP contribution >= 0.6 is 11.8 Å². The molecule has 1 heteroatoms. The predicted octanol–water partition coefficient (Wildman–Crippen LogP) is 5.83. The van der Waals surface area contributed by atoms with Gasteiger partial charge in [-0.2, -0.15) is 0 Å². The van der Waals surface area contributed by atoms with E-state index >= 15 is 0 Å². The van der Waals surface area contributed by atoms with Crippen LogP contribution in [-0.4, -0.2) is 5.25 Å². The van der Waals surface area contributed by atoms with Crippen LogP contribution < -0.4 is 0 Å². The van der Waals surface area contributed by atoms with Crippen molar-refractivity contribution < 1.29 is 0 Å². The molecule has 0 aliphatic heterocycles. The Morgan fingerprint density at radius 2 is 1.13 bits per heavy atom. The van der Waals surface area contributed by atoms with Gasteiger partial charge in [0.2, 0.25) is 0 Å². The molecule has 6 rings (SSSR count). The van der Waals surface area contributed by atoms with E-state index in [1.54, 1.807) is 22.3 Å². The molecule has 0 aromatic heterocycles. The van der Waals surface area contributed by atoms with E-state index in [1.165, 1.54) is 11.3 Å². The normalized spacial score (nSPS) is 24.1. The molecular weight excluding hydrogens is 296 g/mol. The highest BCUT2D eigenvalue weighted by atomic mass is 32.2. The molecule has 23 heavy (non-hydrogen) atoms. The second-order valence-corrected chi connectivity index (χ2v) is 7.81. The van der Waals surface area contributed by atoms with Gasteiger partial charge in [-0.1, -0.05) is 66.7 Å². The fourth-order valence-electron chi connectivity index (χ4n) is 4.37. The van der Waals surface area contributed by atoms with Crippen molar-refractivity contribution in [2.45, 2.75) is 28.4 Å². The third-order valence-corrected chi connectivity index (χ3v) is 6.60. The molecule has 3 aromatic carbocycles. The van der Waals surface area contributed by atoms with Gasteiger partial charge < -0.3 is 0 Å². The maximum atomic E-state index is 2.35. The highest BCUT2D eigenvalue weighted by Gasteiger charge is 2.43. The van der Waals surface area contributed by atoms with Crippen molar-refractivity contribution in [2.75, 3.05) is 0 Å². The molecule has 3 aliphatic carbocycles. The first kappa shape index (κ1) is 13.4. The summed E-state index contributed by atoms with van der Waals surface area (Å²) in [6, 6.07) is 29.0. The lowest BCUT2D eigenvalue weighted by atomic mass is 9.63. The zero-order valence-corrected chi connectivity index (χ0v) is 13.7. The summed E-state index contributed by atoms with van der Waals surface area (Å²) in [5.41, 5.74) is 6.22. The number of benzene rings is 3. The zero-order valence-electron chi connectivity index (χ0n) is 12.9. The van der Waals surface area contributed by atoms with E-state index in [4.69, 9.17) is 0 Å². The largest absolute Gasteiger partial charge is 0.122 e. The zero-order chi connectivity index (χ0) is 15.2. The van der Waals surface area contributed by atoms with E-state index in [2.05, 4.69) is 90.6 Å². The maximum absolute atomic E-state index is 2.35. The van der Waals surface area contributed by atoms with Crippen LogP contribution in [0.4, 0.5) is 0 Å². The van der Waals surface area contributed by atoms with Gasteiger partial charge in [0.15, 0.2) is 0 Å². The average molecular weight is 314 g/mol. The van der Waals surface area contributed by atoms with Gasteiger partial charge in [0.25, 0.3) is 0 Å².